The van der Waals surface area contributed by atoms with E-state index in [0.29, 0.717) is 25.8 Å². The van der Waals surface area contributed by atoms with E-state index in [0.717, 1.165) is 25.9 Å². The van der Waals surface area contributed by atoms with Crippen molar-refractivity contribution in [2.45, 2.75) is 133 Å². The van der Waals surface area contributed by atoms with Gasteiger partial charge >= 0.3 is 15.4 Å². The zero-order chi connectivity index (χ0) is 40.4. The van der Waals surface area contributed by atoms with Crippen molar-refractivity contribution in [1.82, 2.24) is 19.8 Å². The number of carbonyl (C=O) groups is 3. The van der Waals surface area contributed by atoms with Crippen molar-refractivity contribution in [2.24, 2.45) is 23.2 Å². The zero-order valence-corrected chi connectivity index (χ0v) is 36.6. The summed E-state index contributed by atoms with van der Waals surface area (Å²) in [5.74, 6) is -0.642. The molecule has 54 heavy (non-hydrogen) atoms. The molecule has 3 heterocycles. The Kier molecular flexibility index (Phi) is 18.1. The van der Waals surface area contributed by atoms with Gasteiger partial charge in [-0.15, -0.1) is 0 Å². The molecule has 0 aromatic heterocycles. The van der Waals surface area contributed by atoms with E-state index in [1.54, 1.807) is 18.7 Å². The normalized spacial score (nSPS) is 23.4. The average molecular weight is 809 g/mol. The summed E-state index contributed by atoms with van der Waals surface area (Å²) in [5.41, 5.74) is -0.318. The van der Waals surface area contributed by atoms with Crippen LogP contribution in [0.4, 0.5) is 0 Å². The summed E-state index contributed by atoms with van der Waals surface area (Å²) in [4.78, 5) is 54.6. The molecular formula is C37H70N4O11P2. The Labute approximate surface area is 324 Å². The van der Waals surface area contributed by atoms with Crippen LogP contribution in [0.25, 0.3) is 0 Å². The van der Waals surface area contributed by atoms with E-state index < -0.39 is 45.8 Å². The Hall–Kier alpha value is -1.41. The third kappa shape index (κ3) is 13.9. The lowest BCUT2D eigenvalue weighted by molar-refractivity contribution is -0.277. The minimum atomic E-state index is -3.80. The molecule has 4 atom stereocenters. The number of amides is 3. The second-order valence-electron chi connectivity index (χ2n) is 17.2. The standard InChI is InChI=1S/C37H70N4O11P2/c1-12-47-53(45,48-13-2)26-34(42)41-33-23-39(35(43)31(21-37(9,10)11)40(33)36(44)32(52-41)20-27(3)4)30-16-18-38(22-30)17-14-15-19-49-54(46,50-24-28(5)6)51-25-29(7)8/h27-33H,12-26H2,1-11H3/t30-,31+,32-,33+/m1/s1. The highest BCUT2D eigenvalue weighted by atomic mass is 31.2. The minimum absolute atomic E-state index is 0.0628. The van der Waals surface area contributed by atoms with Crippen molar-refractivity contribution in [1.29, 1.82) is 0 Å². The highest BCUT2D eigenvalue weighted by Gasteiger charge is 2.55. The first-order chi connectivity index (χ1) is 25.2. The van der Waals surface area contributed by atoms with E-state index in [2.05, 4.69) is 4.90 Å². The Bertz CT molecular complexity index is 1300. The van der Waals surface area contributed by atoms with Gasteiger partial charge in [0.25, 0.3) is 11.8 Å². The SMILES string of the molecule is CCOP(=O)(CC(=O)N1O[C@H](CC(C)C)C(=O)N2[C@@H]1CN([C@@H]1CCN(CCCCOP(=O)(OCC(C)C)OCC(C)C)C1)C(=O)[C@@H]2CC(C)(C)C)OCC. The van der Waals surface area contributed by atoms with Gasteiger partial charge in [-0.1, -0.05) is 62.3 Å². The molecule has 15 nitrogen and oxygen atoms in total. The number of phosphoric acid groups is 1. The van der Waals surface area contributed by atoms with Crippen LogP contribution >= 0.6 is 15.4 Å². The fourth-order valence-electron chi connectivity index (χ4n) is 6.90. The Morgan fingerprint density at radius 2 is 1.46 bits per heavy atom. The van der Waals surface area contributed by atoms with Crippen LogP contribution < -0.4 is 0 Å². The minimum Gasteiger partial charge on any atom is -0.333 e. The summed E-state index contributed by atoms with van der Waals surface area (Å²) in [6, 6.07) is -0.959. The van der Waals surface area contributed by atoms with Crippen LogP contribution in [0.5, 0.6) is 0 Å². The second-order valence-corrected chi connectivity index (χ2v) is 20.9. The van der Waals surface area contributed by atoms with Gasteiger partial charge in [-0.05, 0) is 75.7 Å². The topological polar surface area (TPSA) is 154 Å². The van der Waals surface area contributed by atoms with Crippen LogP contribution in [0.15, 0.2) is 0 Å². The molecule has 3 fully saturated rings. The predicted molar refractivity (Wildman–Crippen MR) is 206 cm³/mol. The van der Waals surface area contributed by atoms with Crippen LogP contribution in [0.1, 0.15) is 108 Å². The number of nitrogens with zero attached hydrogens (tertiary/aromatic N) is 4. The lowest BCUT2D eigenvalue weighted by atomic mass is 9.85. The zero-order valence-electron chi connectivity index (χ0n) is 34.8. The molecule has 3 amide bonds. The van der Waals surface area contributed by atoms with Gasteiger partial charge in [0.1, 0.15) is 12.2 Å². The van der Waals surface area contributed by atoms with E-state index in [1.165, 1.54) is 5.06 Å². The van der Waals surface area contributed by atoms with Gasteiger partial charge in [-0.2, -0.15) is 5.06 Å². The fraction of sp³-hybridized carbons (Fsp3) is 0.919. The van der Waals surface area contributed by atoms with E-state index in [-0.39, 0.29) is 80.6 Å². The van der Waals surface area contributed by atoms with Crippen LogP contribution in [-0.4, -0.2) is 127 Å². The molecule has 3 aliphatic heterocycles. The molecule has 0 aliphatic carbocycles. The molecule has 17 heteroatoms. The molecule has 0 spiro atoms. The maximum Gasteiger partial charge on any atom is 0.474 e. The van der Waals surface area contributed by atoms with Gasteiger partial charge in [0, 0.05) is 19.1 Å². The van der Waals surface area contributed by atoms with Crippen LogP contribution in [0.2, 0.25) is 0 Å². The number of hydrogen-bond acceptors (Lipinski definition) is 12. The predicted octanol–water partition coefficient (Wildman–Crippen LogP) is 6.57. The molecule has 0 radical (unpaired) electrons. The van der Waals surface area contributed by atoms with E-state index in [4.69, 9.17) is 27.5 Å². The molecule has 0 bridgehead atoms. The second kappa shape index (κ2) is 20.8. The maximum absolute atomic E-state index is 14.5. The first-order valence-electron chi connectivity index (χ1n) is 20.0. The number of unbranched alkanes of at least 4 members (excludes halogenated alkanes) is 1. The summed E-state index contributed by atoms with van der Waals surface area (Å²) < 4.78 is 54.4. The molecule has 0 saturated carbocycles. The third-order valence-electron chi connectivity index (χ3n) is 9.28. The number of likely N-dealkylation sites (tertiary alicyclic amines) is 1. The van der Waals surface area contributed by atoms with Gasteiger partial charge in [0.15, 0.2) is 12.3 Å². The summed E-state index contributed by atoms with van der Waals surface area (Å²) in [6.07, 6.45) is 0.443. The van der Waals surface area contributed by atoms with Crippen molar-refractivity contribution in [2.75, 3.05) is 65.4 Å². The average Bonchev–Trinajstić information content (AvgIpc) is 3.53. The number of phosphoric ester groups is 1. The van der Waals surface area contributed by atoms with Crippen molar-refractivity contribution in [3.05, 3.63) is 0 Å². The van der Waals surface area contributed by atoms with Gasteiger partial charge in [-0.25, -0.2) is 4.57 Å². The largest absolute Gasteiger partial charge is 0.474 e. The molecule has 0 aromatic rings. The molecule has 0 unspecified atom stereocenters. The lowest BCUT2D eigenvalue weighted by Crippen LogP contribution is -2.75. The summed E-state index contributed by atoms with van der Waals surface area (Å²) >= 11 is 0. The van der Waals surface area contributed by atoms with Gasteiger partial charge < -0.3 is 23.7 Å². The first kappa shape index (κ1) is 47.0. The van der Waals surface area contributed by atoms with Crippen molar-refractivity contribution in [3.8, 4) is 0 Å². The van der Waals surface area contributed by atoms with Crippen molar-refractivity contribution in [3.63, 3.8) is 0 Å². The Morgan fingerprint density at radius 1 is 0.852 bits per heavy atom. The van der Waals surface area contributed by atoms with Gasteiger partial charge in [0.05, 0.1) is 39.6 Å². The van der Waals surface area contributed by atoms with Gasteiger partial charge in [-0.3, -0.25) is 37.4 Å². The first-order valence-corrected chi connectivity index (χ1v) is 23.2. The maximum atomic E-state index is 14.5. The van der Waals surface area contributed by atoms with Crippen LogP contribution in [0.3, 0.4) is 0 Å². The number of hydrogen-bond donors (Lipinski definition) is 0. The monoisotopic (exact) mass is 808 g/mol. The molecule has 3 rings (SSSR count). The summed E-state index contributed by atoms with van der Waals surface area (Å²) in [7, 11) is -7.46. The number of rotatable bonds is 22. The number of hydroxylamine groups is 2. The van der Waals surface area contributed by atoms with Crippen LogP contribution in [0, 0.1) is 23.2 Å². The highest BCUT2D eigenvalue weighted by molar-refractivity contribution is 7.54. The summed E-state index contributed by atoms with van der Waals surface area (Å²) in [6.45, 7) is 24.4. The molecule has 314 valence electrons. The fourth-order valence-corrected chi connectivity index (χ4v) is 9.96. The smallest absolute Gasteiger partial charge is 0.333 e. The molecule has 0 aromatic carbocycles. The van der Waals surface area contributed by atoms with E-state index in [9.17, 15) is 23.5 Å². The number of carbonyl (C=O) groups excluding carboxylic acids is 3. The number of piperazine rings is 1. The third-order valence-corrected chi connectivity index (χ3v) is 12.7. The van der Waals surface area contributed by atoms with E-state index >= 15 is 0 Å². The molecular weight excluding hydrogens is 738 g/mol. The molecule has 3 saturated heterocycles. The lowest BCUT2D eigenvalue weighted by Gasteiger charge is -2.55. The molecule has 3 aliphatic rings. The highest BCUT2D eigenvalue weighted by Crippen LogP contribution is 2.50. The summed E-state index contributed by atoms with van der Waals surface area (Å²) in [5, 5.41) is 1.18. The van der Waals surface area contributed by atoms with E-state index in [1.807, 2.05) is 67.2 Å². The van der Waals surface area contributed by atoms with Crippen molar-refractivity contribution < 1.29 is 51.0 Å². The quantitative estimate of drug-likeness (QED) is 0.0859. The number of fused-ring (bicyclic) bond motifs is 1. The molecule has 0 N–H and O–H groups in total. The Balaban J connectivity index is 1.77. The van der Waals surface area contributed by atoms with Crippen LogP contribution in [-0.2, 0) is 51.0 Å². The van der Waals surface area contributed by atoms with Crippen molar-refractivity contribution >= 4 is 33.1 Å². The van der Waals surface area contributed by atoms with Gasteiger partial charge in [0.2, 0.25) is 5.91 Å². The Morgan fingerprint density at radius 3 is 2.00 bits per heavy atom.